The number of nitrogens with zero attached hydrogens (tertiary/aromatic N) is 2. The Kier molecular flexibility index (Phi) is 4.21. The van der Waals surface area contributed by atoms with Crippen LogP contribution in [0.2, 0.25) is 0 Å². The van der Waals surface area contributed by atoms with Gasteiger partial charge in [0.25, 0.3) is 0 Å². The predicted molar refractivity (Wildman–Crippen MR) is 95.4 cm³/mol. The molecule has 0 bridgehead atoms. The van der Waals surface area contributed by atoms with Gasteiger partial charge in [0.15, 0.2) is 0 Å². The van der Waals surface area contributed by atoms with Crippen LogP contribution in [0.25, 0.3) is 0 Å². The Morgan fingerprint density at radius 2 is 1.79 bits per heavy atom. The molecule has 126 valence electrons. The monoisotopic (exact) mass is 324 g/mol. The average Bonchev–Trinajstić information content (AvgIpc) is 2.81. The number of hydrogen-bond acceptors (Lipinski definition) is 4. The van der Waals surface area contributed by atoms with Crippen molar-refractivity contribution < 1.29 is 9.53 Å². The van der Waals surface area contributed by atoms with E-state index in [-0.39, 0.29) is 23.7 Å². The maximum atomic E-state index is 12.7. The lowest BCUT2D eigenvalue weighted by molar-refractivity contribution is -0.120. The van der Waals surface area contributed by atoms with Crippen molar-refractivity contribution in [2.24, 2.45) is 15.9 Å². The number of methoxy groups -OCH3 is 1. The Labute approximate surface area is 143 Å². The molecule has 0 aromatic heterocycles. The van der Waals surface area contributed by atoms with E-state index in [1.165, 1.54) is 18.4 Å². The fourth-order valence-corrected chi connectivity index (χ4v) is 4.25. The lowest BCUT2D eigenvalue weighted by Gasteiger charge is -2.28. The van der Waals surface area contributed by atoms with Crippen molar-refractivity contribution in [2.75, 3.05) is 7.11 Å². The maximum absolute atomic E-state index is 12.7. The fourth-order valence-electron chi connectivity index (χ4n) is 4.25. The van der Waals surface area contributed by atoms with E-state index in [9.17, 15) is 4.79 Å². The minimum Gasteiger partial charge on any atom is -0.497 e. The minimum absolute atomic E-state index is 0.176. The first-order valence-corrected chi connectivity index (χ1v) is 9.01. The molecule has 2 fully saturated rings. The van der Waals surface area contributed by atoms with E-state index in [0.717, 1.165) is 30.7 Å². The van der Waals surface area contributed by atoms with Crippen molar-refractivity contribution in [2.45, 2.75) is 56.5 Å². The van der Waals surface area contributed by atoms with E-state index in [1.54, 1.807) is 7.11 Å². The number of ether oxygens (including phenoxy) is 1. The SMILES string of the molecule is COc1ccc([C@H]2CC(=O)C3C=N[C@H]4CCCC[C@H]4N=C3C2)cc1. The van der Waals surface area contributed by atoms with Crippen LogP contribution >= 0.6 is 0 Å². The van der Waals surface area contributed by atoms with E-state index in [0.29, 0.717) is 12.5 Å². The Bertz CT molecular complexity index is 677. The van der Waals surface area contributed by atoms with Gasteiger partial charge in [-0.3, -0.25) is 14.8 Å². The standard InChI is InChI=1S/C20H24N2O2/c1-24-15-8-6-13(7-9-15)14-10-19-16(20(23)11-14)12-21-17-4-2-3-5-18(17)22-19/h6-9,12,14,16-18H,2-5,10-11H2,1H3/t14-,16?,17+,18-/m1/s1. The van der Waals surface area contributed by atoms with Crippen molar-refractivity contribution in [1.82, 2.24) is 0 Å². The van der Waals surface area contributed by atoms with Crippen LogP contribution in [-0.4, -0.2) is 36.9 Å². The molecular weight excluding hydrogens is 300 g/mol. The maximum Gasteiger partial charge on any atom is 0.147 e. The summed E-state index contributed by atoms with van der Waals surface area (Å²) in [5, 5.41) is 0. The van der Waals surface area contributed by atoms with Crippen molar-refractivity contribution >= 4 is 17.7 Å². The second-order valence-electron chi connectivity index (χ2n) is 7.16. The largest absolute Gasteiger partial charge is 0.497 e. The molecule has 24 heavy (non-hydrogen) atoms. The Morgan fingerprint density at radius 1 is 1.04 bits per heavy atom. The molecule has 1 aliphatic heterocycles. The number of fused-ring (bicyclic) bond motifs is 2. The molecule has 4 atom stereocenters. The number of rotatable bonds is 2. The molecule has 0 saturated heterocycles. The molecule has 0 N–H and O–H groups in total. The summed E-state index contributed by atoms with van der Waals surface area (Å²) in [7, 11) is 1.67. The molecule has 4 rings (SSSR count). The van der Waals surface area contributed by atoms with Crippen LogP contribution in [0.1, 0.15) is 50.0 Å². The summed E-state index contributed by atoms with van der Waals surface area (Å²) in [5.41, 5.74) is 2.26. The summed E-state index contributed by atoms with van der Waals surface area (Å²) in [6, 6.07) is 8.68. The van der Waals surface area contributed by atoms with E-state index in [4.69, 9.17) is 14.7 Å². The zero-order valence-electron chi connectivity index (χ0n) is 14.1. The molecule has 2 aliphatic carbocycles. The lowest BCUT2D eigenvalue weighted by Crippen LogP contribution is -2.34. The first-order chi connectivity index (χ1) is 11.7. The van der Waals surface area contributed by atoms with Gasteiger partial charge >= 0.3 is 0 Å². The summed E-state index contributed by atoms with van der Waals surface area (Å²) in [4.78, 5) is 22.4. The normalized spacial score (nSPS) is 32.4. The van der Waals surface area contributed by atoms with Crippen LogP contribution in [0.3, 0.4) is 0 Å². The summed E-state index contributed by atoms with van der Waals surface area (Å²) in [6.07, 6.45) is 8.04. The molecule has 0 amide bonds. The van der Waals surface area contributed by atoms with Gasteiger partial charge in [-0.25, -0.2) is 0 Å². The van der Waals surface area contributed by atoms with Crippen LogP contribution in [0.4, 0.5) is 0 Å². The van der Waals surface area contributed by atoms with Gasteiger partial charge in [-0.05, 0) is 42.9 Å². The Morgan fingerprint density at radius 3 is 2.54 bits per heavy atom. The minimum atomic E-state index is -0.176. The van der Waals surface area contributed by atoms with Crippen LogP contribution in [0.5, 0.6) is 5.75 Å². The highest BCUT2D eigenvalue weighted by Gasteiger charge is 2.37. The first-order valence-electron chi connectivity index (χ1n) is 9.01. The summed E-state index contributed by atoms with van der Waals surface area (Å²) < 4.78 is 5.23. The molecule has 0 spiro atoms. The van der Waals surface area contributed by atoms with Crippen LogP contribution in [-0.2, 0) is 4.79 Å². The van der Waals surface area contributed by atoms with E-state index >= 15 is 0 Å². The molecule has 1 heterocycles. The third-order valence-electron chi connectivity index (χ3n) is 5.65. The smallest absolute Gasteiger partial charge is 0.147 e. The van der Waals surface area contributed by atoms with Gasteiger partial charge in [-0.15, -0.1) is 0 Å². The number of aliphatic imine (C=N–C) groups is 2. The van der Waals surface area contributed by atoms with Gasteiger partial charge in [0, 0.05) is 18.3 Å². The third kappa shape index (κ3) is 2.90. The molecule has 1 aromatic rings. The number of hydrogen-bond donors (Lipinski definition) is 0. The van der Waals surface area contributed by atoms with E-state index < -0.39 is 0 Å². The Balaban J connectivity index is 1.60. The van der Waals surface area contributed by atoms with Crippen LogP contribution in [0, 0.1) is 5.92 Å². The molecule has 4 nitrogen and oxygen atoms in total. The highest BCUT2D eigenvalue weighted by molar-refractivity contribution is 6.18. The quantitative estimate of drug-likeness (QED) is 0.834. The highest BCUT2D eigenvalue weighted by atomic mass is 16.5. The number of Topliss-reactive ketones (excluding diaryl/α,β-unsaturated/α-hetero) is 1. The summed E-state index contributed by atoms with van der Waals surface area (Å²) in [6.45, 7) is 0. The van der Waals surface area contributed by atoms with Crippen molar-refractivity contribution in [3.05, 3.63) is 29.8 Å². The second kappa shape index (κ2) is 6.50. The molecule has 2 saturated carbocycles. The van der Waals surface area contributed by atoms with E-state index in [2.05, 4.69) is 12.1 Å². The van der Waals surface area contributed by atoms with Crippen LogP contribution < -0.4 is 4.74 Å². The number of benzene rings is 1. The van der Waals surface area contributed by atoms with Gasteiger partial charge in [-0.2, -0.15) is 0 Å². The van der Waals surface area contributed by atoms with Crippen molar-refractivity contribution in [1.29, 1.82) is 0 Å². The van der Waals surface area contributed by atoms with Gasteiger partial charge in [0.1, 0.15) is 11.5 Å². The zero-order chi connectivity index (χ0) is 16.5. The zero-order valence-corrected chi connectivity index (χ0v) is 14.1. The average molecular weight is 324 g/mol. The molecule has 0 radical (unpaired) electrons. The van der Waals surface area contributed by atoms with Gasteiger partial charge in [-0.1, -0.05) is 25.0 Å². The van der Waals surface area contributed by atoms with Gasteiger partial charge in [0.2, 0.25) is 0 Å². The topological polar surface area (TPSA) is 51.0 Å². The fraction of sp³-hybridized carbons (Fsp3) is 0.550. The van der Waals surface area contributed by atoms with Crippen molar-refractivity contribution in [3.63, 3.8) is 0 Å². The van der Waals surface area contributed by atoms with Gasteiger partial charge in [0.05, 0.1) is 25.1 Å². The van der Waals surface area contributed by atoms with Gasteiger partial charge < -0.3 is 4.74 Å². The predicted octanol–water partition coefficient (Wildman–Crippen LogP) is 3.59. The van der Waals surface area contributed by atoms with Crippen molar-refractivity contribution in [3.8, 4) is 5.75 Å². The molecular formula is C20H24N2O2. The molecule has 1 unspecified atom stereocenters. The van der Waals surface area contributed by atoms with Crippen LogP contribution in [0.15, 0.2) is 34.3 Å². The summed E-state index contributed by atoms with van der Waals surface area (Å²) in [5.74, 6) is 1.17. The lowest BCUT2D eigenvalue weighted by atomic mass is 9.76. The molecule has 3 aliphatic rings. The molecule has 4 heteroatoms. The first kappa shape index (κ1) is 15.6. The molecule has 1 aromatic carbocycles. The Hall–Kier alpha value is -1.97. The second-order valence-corrected chi connectivity index (χ2v) is 7.16. The highest BCUT2D eigenvalue weighted by Crippen LogP contribution is 2.35. The third-order valence-corrected chi connectivity index (χ3v) is 5.65. The number of carbonyl (C=O) groups is 1. The summed E-state index contributed by atoms with van der Waals surface area (Å²) >= 11 is 0. The number of carbonyl (C=O) groups excluding carboxylic acids is 1. The van der Waals surface area contributed by atoms with E-state index in [1.807, 2.05) is 18.3 Å². The number of ketones is 1.